The average molecular weight is 464 g/mol. The van der Waals surface area contributed by atoms with E-state index in [1.54, 1.807) is 13.8 Å². The van der Waals surface area contributed by atoms with Crippen LogP contribution < -0.4 is 0 Å². The third-order valence-corrected chi connectivity index (χ3v) is 6.98. The summed E-state index contributed by atoms with van der Waals surface area (Å²) in [6.45, 7) is 5.81. The monoisotopic (exact) mass is 463 g/mol. The zero-order valence-electron chi connectivity index (χ0n) is 21.8. The Morgan fingerprint density at radius 1 is 0.909 bits per heavy atom. The van der Waals surface area contributed by atoms with Crippen molar-refractivity contribution in [2.24, 2.45) is 11.3 Å². The lowest BCUT2D eigenvalue weighted by molar-refractivity contribution is -0.150. The molecular formula is C28H49NO4. The van der Waals surface area contributed by atoms with Gasteiger partial charge in [-0.3, -0.25) is 9.59 Å². The number of allylic oxidation sites excluding steroid dienone is 1. The maximum atomic E-state index is 12.6. The fraction of sp³-hybridized carbons (Fsp3) is 0.821. The predicted octanol–water partition coefficient (Wildman–Crippen LogP) is 7.87. The molecule has 1 rings (SSSR count). The number of methoxy groups -OCH3 is 1. The molecule has 1 aliphatic carbocycles. The topological polar surface area (TPSA) is 87.4 Å². The summed E-state index contributed by atoms with van der Waals surface area (Å²) in [6, 6.07) is 0. The summed E-state index contributed by atoms with van der Waals surface area (Å²) in [6.07, 6.45) is 19.8. The number of carbonyl (C=O) groups excluding carboxylic acids is 2. The minimum Gasteiger partial charge on any atom is -0.511 e. The van der Waals surface area contributed by atoms with E-state index in [0.29, 0.717) is 6.42 Å². The van der Waals surface area contributed by atoms with Crippen LogP contribution in [0.3, 0.4) is 0 Å². The van der Waals surface area contributed by atoms with Crippen molar-refractivity contribution >= 4 is 17.5 Å². The maximum absolute atomic E-state index is 12.6. The van der Waals surface area contributed by atoms with Gasteiger partial charge in [-0.2, -0.15) is 0 Å². The molecule has 0 fully saturated rings. The number of carbonyl (C=O) groups is 2. The zero-order chi connectivity index (χ0) is 24.7. The molecular weight excluding hydrogens is 414 g/mol. The van der Waals surface area contributed by atoms with Crippen molar-refractivity contribution in [2.45, 2.75) is 130 Å². The summed E-state index contributed by atoms with van der Waals surface area (Å²) in [5.41, 5.74) is -0.529. The molecule has 2 N–H and O–H groups in total. The van der Waals surface area contributed by atoms with Gasteiger partial charge in [0.15, 0.2) is 5.78 Å². The molecule has 0 aromatic rings. The average Bonchev–Trinajstić information content (AvgIpc) is 2.75. The molecule has 1 aliphatic rings. The standard InChI is InChI=1S/C28H49NO4/c1-5-6-7-8-9-10-11-12-13-14-15-16-17-18-19-20-22(29)24-23(30)21-28(2,3)25(26(24)31)27(32)33-4/h25,29,31H,5-21H2,1-4H3/t25-/m1/s1. The number of nitrogens with one attached hydrogen (secondary N) is 1. The molecule has 0 unspecified atom stereocenters. The van der Waals surface area contributed by atoms with Gasteiger partial charge in [0, 0.05) is 12.1 Å². The first-order valence-electron chi connectivity index (χ1n) is 13.4. The Kier molecular flexibility index (Phi) is 14.3. The van der Waals surface area contributed by atoms with E-state index in [0.717, 1.165) is 19.3 Å². The molecule has 1 atom stereocenters. The zero-order valence-corrected chi connectivity index (χ0v) is 21.8. The molecule has 0 amide bonds. The van der Waals surface area contributed by atoms with E-state index >= 15 is 0 Å². The summed E-state index contributed by atoms with van der Waals surface area (Å²) in [7, 11) is 1.28. The highest BCUT2D eigenvalue weighted by Gasteiger charge is 2.47. The first-order chi connectivity index (χ1) is 15.8. The third kappa shape index (κ3) is 10.4. The number of hydrogen-bond donors (Lipinski definition) is 2. The Balaban J connectivity index is 2.20. The van der Waals surface area contributed by atoms with Crippen molar-refractivity contribution < 1.29 is 19.4 Å². The lowest BCUT2D eigenvalue weighted by Crippen LogP contribution is -2.41. The fourth-order valence-corrected chi connectivity index (χ4v) is 4.93. The van der Waals surface area contributed by atoms with Crippen molar-refractivity contribution in [3.05, 3.63) is 11.3 Å². The Bertz CT molecular complexity index is 650. The molecule has 0 aliphatic heterocycles. The second kappa shape index (κ2) is 16.1. The summed E-state index contributed by atoms with van der Waals surface area (Å²) < 4.78 is 4.83. The van der Waals surface area contributed by atoms with E-state index in [4.69, 9.17) is 10.1 Å². The molecule has 0 radical (unpaired) electrons. The number of unbranched alkanes of at least 4 members (excludes halogenated alkanes) is 14. The highest BCUT2D eigenvalue weighted by Crippen LogP contribution is 2.42. The molecule has 5 heteroatoms. The van der Waals surface area contributed by atoms with Crippen molar-refractivity contribution in [2.75, 3.05) is 7.11 Å². The second-order valence-electron chi connectivity index (χ2n) is 10.5. The maximum Gasteiger partial charge on any atom is 0.316 e. The molecule has 0 aromatic carbocycles. The van der Waals surface area contributed by atoms with E-state index < -0.39 is 17.3 Å². The van der Waals surface area contributed by atoms with Crippen LogP contribution in [-0.2, 0) is 14.3 Å². The van der Waals surface area contributed by atoms with Crippen molar-refractivity contribution in [3.8, 4) is 0 Å². The lowest BCUT2D eigenvalue weighted by atomic mass is 9.67. The molecule has 0 saturated heterocycles. The van der Waals surface area contributed by atoms with Gasteiger partial charge in [-0.25, -0.2) is 0 Å². The largest absolute Gasteiger partial charge is 0.511 e. The van der Waals surface area contributed by atoms with Gasteiger partial charge >= 0.3 is 5.97 Å². The number of aliphatic hydroxyl groups excluding tert-OH is 1. The van der Waals surface area contributed by atoms with Crippen molar-refractivity contribution in [1.29, 1.82) is 5.41 Å². The Hall–Kier alpha value is -1.65. The highest BCUT2D eigenvalue weighted by atomic mass is 16.5. The quantitative estimate of drug-likeness (QED) is 0.123. The number of ether oxygens (including phenoxy) is 1. The van der Waals surface area contributed by atoms with Gasteiger partial charge in [0.25, 0.3) is 0 Å². The normalized spacial score (nSPS) is 17.9. The Labute approximate surface area is 202 Å². The van der Waals surface area contributed by atoms with Crippen molar-refractivity contribution in [1.82, 2.24) is 0 Å². The van der Waals surface area contributed by atoms with Crippen LogP contribution in [0.25, 0.3) is 0 Å². The van der Waals surface area contributed by atoms with Crippen molar-refractivity contribution in [3.63, 3.8) is 0 Å². The summed E-state index contributed by atoms with van der Waals surface area (Å²) in [5.74, 6) is -1.98. The molecule has 190 valence electrons. The molecule has 0 saturated carbocycles. The third-order valence-electron chi connectivity index (χ3n) is 6.98. The van der Waals surface area contributed by atoms with E-state index in [-0.39, 0.29) is 29.2 Å². The molecule has 0 bridgehead atoms. The van der Waals surface area contributed by atoms with Crippen LogP contribution in [0.15, 0.2) is 11.3 Å². The van der Waals surface area contributed by atoms with Gasteiger partial charge in [-0.05, 0) is 18.3 Å². The van der Waals surface area contributed by atoms with Gasteiger partial charge in [0.1, 0.15) is 11.7 Å². The Morgan fingerprint density at radius 3 is 1.76 bits per heavy atom. The number of esters is 1. The highest BCUT2D eigenvalue weighted by molar-refractivity contribution is 6.22. The van der Waals surface area contributed by atoms with Gasteiger partial charge < -0.3 is 15.3 Å². The SMILES string of the molecule is CCCCCCCCCCCCCCCCCC(=N)C1=C(O)[C@H](C(=O)OC)C(C)(C)CC1=O. The first kappa shape index (κ1) is 29.4. The van der Waals surface area contributed by atoms with Crippen LogP contribution in [-0.4, -0.2) is 29.7 Å². The molecule has 0 aromatic heterocycles. The van der Waals surface area contributed by atoms with Crippen LogP contribution in [0, 0.1) is 16.7 Å². The summed E-state index contributed by atoms with van der Waals surface area (Å²) in [5, 5.41) is 19.0. The van der Waals surface area contributed by atoms with Gasteiger partial charge in [0.2, 0.25) is 0 Å². The summed E-state index contributed by atoms with van der Waals surface area (Å²) >= 11 is 0. The lowest BCUT2D eigenvalue weighted by Gasteiger charge is -2.36. The number of rotatable bonds is 18. The fourth-order valence-electron chi connectivity index (χ4n) is 4.93. The molecule has 0 spiro atoms. The van der Waals surface area contributed by atoms with E-state index in [9.17, 15) is 14.7 Å². The predicted molar refractivity (Wildman–Crippen MR) is 136 cm³/mol. The number of ketones is 1. The van der Waals surface area contributed by atoms with E-state index in [2.05, 4.69) is 6.92 Å². The van der Waals surface area contributed by atoms with E-state index in [1.807, 2.05) is 0 Å². The summed E-state index contributed by atoms with van der Waals surface area (Å²) in [4.78, 5) is 24.7. The minimum absolute atomic E-state index is 0.0371. The smallest absolute Gasteiger partial charge is 0.316 e. The second-order valence-corrected chi connectivity index (χ2v) is 10.5. The van der Waals surface area contributed by atoms with Crippen LogP contribution in [0.4, 0.5) is 0 Å². The Morgan fingerprint density at radius 2 is 1.33 bits per heavy atom. The molecule has 5 nitrogen and oxygen atoms in total. The van der Waals surface area contributed by atoms with E-state index in [1.165, 1.54) is 84.2 Å². The van der Waals surface area contributed by atoms with Gasteiger partial charge in [-0.1, -0.05) is 111 Å². The van der Waals surface area contributed by atoms with Crippen LogP contribution in [0.1, 0.15) is 130 Å². The number of hydrogen-bond acceptors (Lipinski definition) is 5. The molecule has 33 heavy (non-hydrogen) atoms. The van der Waals surface area contributed by atoms with Gasteiger partial charge in [0.05, 0.1) is 12.7 Å². The number of Topliss-reactive ketones (excluding diaryl/α,β-unsaturated/α-hetero) is 1. The number of aliphatic hydroxyl groups is 1. The van der Waals surface area contributed by atoms with Crippen LogP contribution in [0.5, 0.6) is 0 Å². The minimum atomic E-state index is -0.892. The van der Waals surface area contributed by atoms with Crippen LogP contribution >= 0.6 is 0 Å². The molecule has 0 heterocycles. The van der Waals surface area contributed by atoms with Gasteiger partial charge in [-0.15, -0.1) is 0 Å². The first-order valence-corrected chi connectivity index (χ1v) is 13.4. The van der Waals surface area contributed by atoms with Crippen LogP contribution in [0.2, 0.25) is 0 Å².